The molecule has 80 valence electrons. The number of nitrogens with two attached hydrogens (primary N) is 1. The first kappa shape index (κ1) is 11.8. The average Bonchev–Trinajstić information content (AvgIpc) is 2.51. The average molecular weight is 260 g/mol. The van der Waals surface area contributed by atoms with Crippen LogP contribution in [-0.2, 0) is 0 Å². The summed E-state index contributed by atoms with van der Waals surface area (Å²) in [5.74, 6) is 0.678. The second kappa shape index (κ2) is 5.56. The number of furan rings is 1. The van der Waals surface area contributed by atoms with Crippen molar-refractivity contribution in [3.63, 3.8) is 0 Å². The molecule has 0 amide bonds. The van der Waals surface area contributed by atoms with E-state index in [9.17, 15) is 0 Å². The van der Waals surface area contributed by atoms with Gasteiger partial charge in [-0.15, -0.1) is 0 Å². The summed E-state index contributed by atoms with van der Waals surface area (Å²) in [7, 11) is 0. The van der Waals surface area contributed by atoms with Crippen LogP contribution in [0.1, 0.15) is 44.7 Å². The fraction of sp³-hybridized carbons (Fsp3) is 0.636. The summed E-state index contributed by atoms with van der Waals surface area (Å²) in [6.07, 6.45) is 5.15. The van der Waals surface area contributed by atoms with Gasteiger partial charge in [0.15, 0.2) is 4.67 Å². The van der Waals surface area contributed by atoms with Gasteiger partial charge < -0.3 is 10.2 Å². The Labute approximate surface area is 94.0 Å². The van der Waals surface area contributed by atoms with Gasteiger partial charge in [-0.3, -0.25) is 0 Å². The molecule has 0 aliphatic rings. The molecule has 0 bridgehead atoms. The van der Waals surface area contributed by atoms with Crippen molar-refractivity contribution >= 4 is 15.9 Å². The molecule has 0 radical (unpaired) electrons. The van der Waals surface area contributed by atoms with Crippen LogP contribution in [0.5, 0.6) is 0 Å². The van der Waals surface area contributed by atoms with Crippen LogP contribution in [0.2, 0.25) is 0 Å². The van der Waals surface area contributed by atoms with Crippen LogP contribution in [0.25, 0.3) is 0 Å². The zero-order chi connectivity index (χ0) is 10.6. The largest absolute Gasteiger partial charge is 0.457 e. The van der Waals surface area contributed by atoms with Crippen LogP contribution in [0, 0.1) is 5.92 Å². The van der Waals surface area contributed by atoms with E-state index in [4.69, 9.17) is 10.2 Å². The van der Waals surface area contributed by atoms with Crippen molar-refractivity contribution in [2.45, 2.75) is 39.2 Å². The Balaban J connectivity index is 2.50. The van der Waals surface area contributed by atoms with Gasteiger partial charge in [-0.25, -0.2) is 0 Å². The first-order chi connectivity index (χ1) is 6.65. The topological polar surface area (TPSA) is 39.2 Å². The molecule has 3 heteroatoms. The summed E-state index contributed by atoms with van der Waals surface area (Å²) in [5.41, 5.74) is 7.16. The smallest absolute Gasteiger partial charge is 0.173 e. The molecule has 0 saturated heterocycles. The fourth-order valence-corrected chi connectivity index (χ4v) is 2.28. The molecule has 2 unspecified atom stereocenters. The van der Waals surface area contributed by atoms with E-state index in [1.807, 2.05) is 6.07 Å². The van der Waals surface area contributed by atoms with Gasteiger partial charge in [0.1, 0.15) is 0 Å². The Morgan fingerprint density at radius 3 is 2.79 bits per heavy atom. The third kappa shape index (κ3) is 3.14. The number of halogens is 1. The molecule has 0 spiro atoms. The van der Waals surface area contributed by atoms with Gasteiger partial charge in [-0.05, 0) is 34.3 Å². The Bertz CT molecular complexity index is 272. The van der Waals surface area contributed by atoms with E-state index < -0.39 is 0 Å². The summed E-state index contributed by atoms with van der Waals surface area (Å²) in [5, 5.41) is 0. The molecule has 1 rings (SSSR count). The van der Waals surface area contributed by atoms with Crippen molar-refractivity contribution in [1.29, 1.82) is 0 Å². The normalized spacial score (nSPS) is 15.4. The van der Waals surface area contributed by atoms with Gasteiger partial charge in [0, 0.05) is 11.6 Å². The Morgan fingerprint density at radius 1 is 1.57 bits per heavy atom. The van der Waals surface area contributed by atoms with Crippen molar-refractivity contribution in [3.05, 3.63) is 22.6 Å². The molecule has 0 aliphatic carbocycles. The molecule has 0 aromatic carbocycles. The molecule has 0 fully saturated rings. The monoisotopic (exact) mass is 259 g/mol. The highest BCUT2D eigenvalue weighted by Gasteiger charge is 2.14. The van der Waals surface area contributed by atoms with Crippen LogP contribution < -0.4 is 5.73 Å². The molecule has 2 nitrogen and oxygen atoms in total. The van der Waals surface area contributed by atoms with E-state index in [-0.39, 0.29) is 6.04 Å². The third-order valence-corrected chi connectivity index (χ3v) is 3.13. The zero-order valence-electron chi connectivity index (χ0n) is 8.79. The highest BCUT2D eigenvalue weighted by molar-refractivity contribution is 9.10. The number of rotatable bonds is 5. The third-order valence-electron chi connectivity index (χ3n) is 2.48. The van der Waals surface area contributed by atoms with E-state index in [0.29, 0.717) is 5.92 Å². The van der Waals surface area contributed by atoms with Gasteiger partial charge in [-0.1, -0.05) is 26.7 Å². The predicted molar refractivity (Wildman–Crippen MR) is 62.0 cm³/mol. The lowest BCUT2D eigenvalue weighted by atomic mass is 9.95. The quantitative estimate of drug-likeness (QED) is 0.872. The molecule has 14 heavy (non-hydrogen) atoms. The lowest BCUT2D eigenvalue weighted by molar-refractivity contribution is 0.435. The summed E-state index contributed by atoms with van der Waals surface area (Å²) in [6, 6.07) is 2.03. The predicted octanol–water partition coefficient (Wildman–Crippen LogP) is 3.87. The lowest BCUT2D eigenvalue weighted by Crippen LogP contribution is -2.13. The molecule has 0 saturated carbocycles. The fourth-order valence-electron chi connectivity index (χ4n) is 1.74. The lowest BCUT2D eigenvalue weighted by Gasteiger charge is -2.15. The van der Waals surface area contributed by atoms with E-state index >= 15 is 0 Å². The standard InChI is InChI=1S/C11H18BrNO/c1-3-4-8(2)7-10(13)9-5-6-14-11(9)12/h5-6,8,10H,3-4,7,13H2,1-2H3. The van der Waals surface area contributed by atoms with E-state index in [1.54, 1.807) is 6.26 Å². The second-order valence-corrected chi connectivity index (χ2v) is 4.61. The first-order valence-electron chi connectivity index (χ1n) is 5.13. The highest BCUT2D eigenvalue weighted by atomic mass is 79.9. The summed E-state index contributed by atoms with van der Waals surface area (Å²) >= 11 is 3.35. The van der Waals surface area contributed by atoms with Gasteiger partial charge in [0.2, 0.25) is 0 Å². The SMILES string of the molecule is CCCC(C)CC(N)c1ccoc1Br. The molecule has 1 heterocycles. The van der Waals surface area contributed by atoms with Crippen LogP contribution in [0.3, 0.4) is 0 Å². The Kier molecular flexibility index (Phi) is 4.69. The second-order valence-electron chi connectivity index (χ2n) is 3.89. The van der Waals surface area contributed by atoms with Crippen molar-refractivity contribution in [1.82, 2.24) is 0 Å². The van der Waals surface area contributed by atoms with E-state index in [0.717, 1.165) is 16.7 Å². The zero-order valence-corrected chi connectivity index (χ0v) is 10.4. The summed E-state index contributed by atoms with van der Waals surface area (Å²) < 4.78 is 5.94. The molecular weight excluding hydrogens is 242 g/mol. The Morgan fingerprint density at radius 2 is 2.29 bits per heavy atom. The minimum atomic E-state index is 0.0877. The van der Waals surface area contributed by atoms with Gasteiger partial charge in [-0.2, -0.15) is 0 Å². The maximum atomic E-state index is 6.08. The van der Waals surface area contributed by atoms with Crippen molar-refractivity contribution in [3.8, 4) is 0 Å². The van der Waals surface area contributed by atoms with Gasteiger partial charge in [0.25, 0.3) is 0 Å². The number of hydrogen-bond donors (Lipinski definition) is 1. The minimum Gasteiger partial charge on any atom is -0.457 e. The Hall–Kier alpha value is -0.280. The minimum absolute atomic E-state index is 0.0877. The summed E-state index contributed by atoms with van der Waals surface area (Å²) in [6.45, 7) is 4.45. The first-order valence-corrected chi connectivity index (χ1v) is 5.93. The van der Waals surface area contributed by atoms with E-state index in [1.165, 1.54) is 12.8 Å². The van der Waals surface area contributed by atoms with Gasteiger partial charge in [0.05, 0.1) is 6.26 Å². The van der Waals surface area contributed by atoms with Crippen molar-refractivity contribution in [2.24, 2.45) is 11.7 Å². The maximum absolute atomic E-state index is 6.08. The van der Waals surface area contributed by atoms with Gasteiger partial charge >= 0.3 is 0 Å². The van der Waals surface area contributed by atoms with Crippen LogP contribution >= 0.6 is 15.9 Å². The molecule has 2 N–H and O–H groups in total. The molecular formula is C11H18BrNO. The van der Waals surface area contributed by atoms with Crippen LogP contribution in [-0.4, -0.2) is 0 Å². The number of hydrogen-bond acceptors (Lipinski definition) is 2. The molecule has 1 aromatic rings. The van der Waals surface area contributed by atoms with Crippen LogP contribution in [0.15, 0.2) is 21.4 Å². The summed E-state index contributed by atoms with van der Waals surface area (Å²) in [4.78, 5) is 0. The van der Waals surface area contributed by atoms with Crippen molar-refractivity contribution in [2.75, 3.05) is 0 Å². The molecule has 0 aliphatic heterocycles. The van der Waals surface area contributed by atoms with Crippen LogP contribution in [0.4, 0.5) is 0 Å². The maximum Gasteiger partial charge on any atom is 0.173 e. The molecule has 1 aromatic heterocycles. The highest BCUT2D eigenvalue weighted by Crippen LogP contribution is 2.28. The molecule has 2 atom stereocenters. The van der Waals surface area contributed by atoms with Crippen molar-refractivity contribution < 1.29 is 4.42 Å². The van der Waals surface area contributed by atoms with E-state index in [2.05, 4.69) is 29.8 Å².